The zero-order valence-electron chi connectivity index (χ0n) is 14.4. The minimum Gasteiger partial charge on any atom is -0.454 e. The van der Waals surface area contributed by atoms with Crippen LogP contribution in [0.4, 0.5) is 5.69 Å². The van der Waals surface area contributed by atoms with Gasteiger partial charge in [0.2, 0.25) is 0 Å². The standard InChI is InChI=1S/C18H19BrN2O5/c1-12(2)21(13-6-4-3-5-7-13)16(22)11-25-17(23)10-20-18(24)14-8-9-15(19)26-14/h3-9,12H,10-11H2,1-2H3,(H,20,24). The van der Waals surface area contributed by atoms with E-state index >= 15 is 0 Å². The highest BCUT2D eigenvalue weighted by atomic mass is 79.9. The van der Waals surface area contributed by atoms with E-state index < -0.39 is 18.5 Å². The van der Waals surface area contributed by atoms with Crippen molar-refractivity contribution in [3.05, 3.63) is 52.9 Å². The number of hydrogen-bond acceptors (Lipinski definition) is 5. The molecule has 0 aliphatic heterocycles. The average Bonchev–Trinajstić information content (AvgIpc) is 3.05. The van der Waals surface area contributed by atoms with Crippen LogP contribution in [0.5, 0.6) is 0 Å². The molecule has 1 aromatic carbocycles. The molecular weight excluding hydrogens is 404 g/mol. The van der Waals surface area contributed by atoms with Gasteiger partial charge >= 0.3 is 5.97 Å². The van der Waals surface area contributed by atoms with Crippen molar-refractivity contribution in [1.82, 2.24) is 5.32 Å². The molecule has 0 fully saturated rings. The summed E-state index contributed by atoms with van der Waals surface area (Å²) in [4.78, 5) is 37.5. The zero-order valence-corrected chi connectivity index (χ0v) is 16.0. The van der Waals surface area contributed by atoms with Crippen molar-refractivity contribution < 1.29 is 23.5 Å². The van der Waals surface area contributed by atoms with Crippen LogP contribution in [-0.2, 0) is 14.3 Å². The van der Waals surface area contributed by atoms with Gasteiger partial charge in [-0.1, -0.05) is 18.2 Å². The first-order valence-electron chi connectivity index (χ1n) is 7.94. The van der Waals surface area contributed by atoms with Gasteiger partial charge in [0.05, 0.1) is 0 Å². The van der Waals surface area contributed by atoms with Crippen LogP contribution < -0.4 is 10.2 Å². The normalized spacial score (nSPS) is 10.5. The largest absolute Gasteiger partial charge is 0.454 e. The topological polar surface area (TPSA) is 88.9 Å². The molecule has 8 heteroatoms. The fourth-order valence-electron chi connectivity index (χ4n) is 2.26. The number of furan rings is 1. The Morgan fingerprint density at radius 2 is 1.85 bits per heavy atom. The summed E-state index contributed by atoms with van der Waals surface area (Å²) < 4.78 is 10.4. The number of para-hydroxylation sites is 1. The maximum atomic E-state index is 12.4. The molecule has 2 rings (SSSR count). The van der Waals surface area contributed by atoms with Crippen molar-refractivity contribution in [3.63, 3.8) is 0 Å². The van der Waals surface area contributed by atoms with Crippen LogP contribution >= 0.6 is 15.9 Å². The van der Waals surface area contributed by atoms with Gasteiger partial charge in [0.25, 0.3) is 11.8 Å². The van der Waals surface area contributed by atoms with Crippen LogP contribution in [0.3, 0.4) is 0 Å². The first-order chi connectivity index (χ1) is 12.4. The smallest absolute Gasteiger partial charge is 0.325 e. The molecule has 0 radical (unpaired) electrons. The summed E-state index contributed by atoms with van der Waals surface area (Å²) in [6.45, 7) is 2.97. The fourth-order valence-corrected chi connectivity index (χ4v) is 2.56. The lowest BCUT2D eigenvalue weighted by atomic mass is 10.2. The van der Waals surface area contributed by atoms with Crippen molar-refractivity contribution in [1.29, 1.82) is 0 Å². The molecule has 0 aliphatic carbocycles. The number of anilines is 1. The number of carbonyl (C=O) groups is 3. The molecule has 1 N–H and O–H groups in total. The van der Waals surface area contributed by atoms with Crippen molar-refractivity contribution in [2.45, 2.75) is 19.9 Å². The molecule has 26 heavy (non-hydrogen) atoms. The first kappa shape index (κ1) is 19.7. The molecule has 0 unspecified atom stereocenters. The second kappa shape index (κ2) is 9.19. The van der Waals surface area contributed by atoms with Gasteiger partial charge in [-0.15, -0.1) is 0 Å². The van der Waals surface area contributed by atoms with E-state index in [0.717, 1.165) is 5.69 Å². The Labute approximate surface area is 159 Å². The summed E-state index contributed by atoms with van der Waals surface area (Å²) in [5.41, 5.74) is 0.722. The van der Waals surface area contributed by atoms with E-state index in [-0.39, 0.29) is 24.3 Å². The number of nitrogens with zero attached hydrogens (tertiary/aromatic N) is 1. The van der Waals surface area contributed by atoms with Crippen LogP contribution in [0, 0.1) is 0 Å². The molecule has 0 atom stereocenters. The summed E-state index contributed by atoms with van der Waals surface area (Å²) in [6, 6.07) is 12.1. The summed E-state index contributed by atoms with van der Waals surface area (Å²) >= 11 is 3.09. The predicted molar refractivity (Wildman–Crippen MR) is 98.8 cm³/mol. The summed E-state index contributed by atoms with van der Waals surface area (Å²) in [5.74, 6) is -1.54. The number of nitrogens with one attached hydrogen (secondary N) is 1. The monoisotopic (exact) mass is 422 g/mol. The molecule has 1 aromatic heterocycles. The number of hydrogen-bond donors (Lipinski definition) is 1. The maximum absolute atomic E-state index is 12.4. The van der Waals surface area contributed by atoms with Crippen molar-refractivity contribution in [2.75, 3.05) is 18.1 Å². The molecule has 0 saturated heterocycles. The third-order valence-corrected chi connectivity index (χ3v) is 3.79. The van der Waals surface area contributed by atoms with Crippen molar-refractivity contribution in [3.8, 4) is 0 Å². The van der Waals surface area contributed by atoms with Crippen molar-refractivity contribution in [2.24, 2.45) is 0 Å². The van der Waals surface area contributed by atoms with E-state index in [1.54, 1.807) is 23.1 Å². The number of rotatable bonds is 7. The van der Waals surface area contributed by atoms with Gasteiger partial charge in [-0.05, 0) is 54.0 Å². The van der Waals surface area contributed by atoms with E-state index in [4.69, 9.17) is 9.15 Å². The van der Waals surface area contributed by atoms with Crippen molar-refractivity contribution >= 4 is 39.4 Å². The van der Waals surface area contributed by atoms with Gasteiger partial charge in [-0.2, -0.15) is 0 Å². The third kappa shape index (κ3) is 5.45. The lowest BCUT2D eigenvalue weighted by Crippen LogP contribution is -2.40. The molecule has 2 aromatic rings. The molecule has 2 amide bonds. The van der Waals surface area contributed by atoms with Gasteiger partial charge in [0.1, 0.15) is 6.54 Å². The van der Waals surface area contributed by atoms with E-state index in [9.17, 15) is 14.4 Å². The van der Waals surface area contributed by atoms with Gasteiger partial charge < -0.3 is 19.4 Å². The Morgan fingerprint density at radius 3 is 2.42 bits per heavy atom. The molecule has 1 heterocycles. The van der Waals surface area contributed by atoms with E-state index in [1.807, 2.05) is 32.0 Å². The molecule has 0 aliphatic rings. The van der Waals surface area contributed by atoms with Crippen LogP contribution in [0.25, 0.3) is 0 Å². The lowest BCUT2D eigenvalue weighted by molar-refractivity contribution is -0.146. The molecule has 0 saturated carbocycles. The zero-order chi connectivity index (χ0) is 19.1. The summed E-state index contributed by atoms with van der Waals surface area (Å²) in [7, 11) is 0. The third-order valence-electron chi connectivity index (χ3n) is 3.37. The number of carbonyl (C=O) groups excluding carboxylic acids is 3. The Kier molecular flexibility index (Phi) is 6.97. The second-order valence-electron chi connectivity index (χ2n) is 5.64. The highest BCUT2D eigenvalue weighted by molar-refractivity contribution is 9.10. The van der Waals surface area contributed by atoms with Crippen LogP contribution in [0.1, 0.15) is 24.4 Å². The fraction of sp³-hybridized carbons (Fsp3) is 0.278. The van der Waals surface area contributed by atoms with Gasteiger partial charge in [0, 0.05) is 11.7 Å². The summed E-state index contributed by atoms with van der Waals surface area (Å²) in [6.07, 6.45) is 0. The van der Waals surface area contributed by atoms with E-state index in [0.29, 0.717) is 4.67 Å². The maximum Gasteiger partial charge on any atom is 0.325 e. The van der Waals surface area contributed by atoms with Gasteiger partial charge in [-0.25, -0.2) is 0 Å². The van der Waals surface area contributed by atoms with Gasteiger partial charge in [-0.3, -0.25) is 14.4 Å². The Hall–Kier alpha value is -2.61. The highest BCUT2D eigenvalue weighted by Crippen LogP contribution is 2.17. The predicted octanol–water partition coefficient (Wildman–Crippen LogP) is 2.76. The molecule has 0 spiro atoms. The first-order valence-corrected chi connectivity index (χ1v) is 8.74. The quantitative estimate of drug-likeness (QED) is 0.692. The Bertz CT molecular complexity index is 773. The van der Waals surface area contributed by atoms with E-state index in [1.165, 1.54) is 6.07 Å². The Morgan fingerprint density at radius 1 is 1.15 bits per heavy atom. The SMILES string of the molecule is CC(C)N(C(=O)COC(=O)CNC(=O)c1ccc(Br)o1)c1ccccc1. The molecular formula is C18H19BrN2O5. The van der Waals surface area contributed by atoms with E-state index in [2.05, 4.69) is 21.2 Å². The van der Waals surface area contributed by atoms with Crippen LogP contribution in [0.2, 0.25) is 0 Å². The molecule has 138 valence electrons. The van der Waals surface area contributed by atoms with Crippen LogP contribution in [0.15, 0.2) is 51.6 Å². The number of amides is 2. The average molecular weight is 423 g/mol. The summed E-state index contributed by atoms with van der Waals surface area (Å²) in [5, 5.41) is 2.37. The second-order valence-corrected chi connectivity index (χ2v) is 6.42. The number of halogens is 1. The number of esters is 1. The minimum absolute atomic E-state index is 0.0656. The lowest BCUT2D eigenvalue weighted by Gasteiger charge is -2.26. The minimum atomic E-state index is -0.714. The van der Waals surface area contributed by atoms with Crippen LogP contribution in [-0.4, -0.2) is 37.0 Å². The molecule has 0 bridgehead atoms. The highest BCUT2D eigenvalue weighted by Gasteiger charge is 2.20. The van der Waals surface area contributed by atoms with Gasteiger partial charge in [0.15, 0.2) is 17.0 Å². The Balaban J connectivity index is 1.83. The molecule has 7 nitrogen and oxygen atoms in total. The number of ether oxygens (including phenoxy) is 1. The number of benzene rings is 1.